The third-order valence-electron chi connectivity index (χ3n) is 5.25. The lowest BCUT2D eigenvalue weighted by atomic mass is 10.0. The van der Waals surface area contributed by atoms with E-state index in [1.165, 1.54) is 12.1 Å². The van der Waals surface area contributed by atoms with E-state index in [0.29, 0.717) is 15.3 Å². The van der Waals surface area contributed by atoms with Crippen molar-refractivity contribution >= 4 is 38.9 Å². The quantitative estimate of drug-likeness (QED) is 0.332. The van der Waals surface area contributed by atoms with Gasteiger partial charge in [0, 0.05) is 21.9 Å². The van der Waals surface area contributed by atoms with Crippen LogP contribution in [0.15, 0.2) is 93.9 Å². The third-order valence-corrected chi connectivity index (χ3v) is 6.22. The molecular formula is C24H17BrFN3OS. The lowest BCUT2D eigenvalue weighted by Gasteiger charge is -2.26. The normalized spacial score (nSPS) is 18.3. The van der Waals surface area contributed by atoms with Crippen LogP contribution in [0.4, 0.5) is 10.1 Å². The molecule has 0 bridgehead atoms. The van der Waals surface area contributed by atoms with E-state index in [1.807, 2.05) is 60.7 Å². The molecule has 1 fully saturated rings. The van der Waals surface area contributed by atoms with Crippen molar-refractivity contribution in [3.8, 4) is 11.3 Å². The number of benzene rings is 2. The number of hydrogen-bond donors (Lipinski definition) is 1. The molecule has 1 saturated heterocycles. The molecule has 4 nitrogen and oxygen atoms in total. The molecule has 31 heavy (non-hydrogen) atoms. The minimum atomic E-state index is -0.307. The van der Waals surface area contributed by atoms with Crippen LogP contribution in [0.25, 0.3) is 11.3 Å². The fraction of sp³-hybridized carbons (Fsp3) is 0.0833. The van der Waals surface area contributed by atoms with Crippen molar-refractivity contribution in [3.63, 3.8) is 0 Å². The molecule has 1 N–H and O–H groups in total. The first-order valence-electron chi connectivity index (χ1n) is 9.72. The fourth-order valence-corrected chi connectivity index (χ4v) is 4.75. The van der Waals surface area contributed by atoms with E-state index < -0.39 is 0 Å². The maximum atomic E-state index is 13.5. The second-order valence-corrected chi connectivity index (χ2v) is 8.40. The Balaban J connectivity index is 1.60. The predicted molar refractivity (Wildman–Crippen MR) is 126 cm³/mol. The van der Waals surface area contributed by atoms with E-state index in [2.05, 4.69) is 31.1 Å². The van der Waals surface area contributed by atoms with E-state index in [0.717, 1.165) is 22.7 Å². The molecule has 0 amide bonds. The molecule has 0 unspecified atom stereocenters. The second-order valence-electron chi connectivity index (χ2n) is 7.16. The van der Waals surface area contributed by atoms with Gasteiger partial charge in [-0.05, 0) is 82.7 Å². The summed E-state index contributed by atoms with van der Waals surface area (Å²) in [5.74, 6) is 1.07. The number of pyridine rings is 1. The van der Waals surface area contributed by atoms with E-state index >= 15 is 0 Å². The Bertz CT molecular complexity index is 1230. The second kappa shape index (κ2) is 8.24. The standard InChI is InChI=1S/C24H17BrFN3OS/c25-18-14-15(26)9-10-17(18)20-11-12-21(30-20)23-22(19-8-4-5-13-27-19)28-24(31)29(23)16-6-2-1-3-7-16/h1-14,22-23H,(H,28,31)/t22-,23-/m1/s1. The Morgan fingerprint density at radius 1 is 1.00 bits per heavy atom. The summed E-state index contributed by atoms with van der Waals surface area (Å²) >= 11 is 9.14. The smallest absolute Gasteiger partial charge is 0.174 e. The first kappa shape index (κ1) is 19.9. The predicted octanol–water partition coefficient (Wildman–Crippen LogP) is 6.42. The van der Waals surface area contributed by atoms with Crippen LogP contribution in [-0.2, 0) is 0 Å². The molecule has 2 aromatic carbocycles. The average molecular weight is 494 g/mol. The molecule has 154 valence electrons. The molecule has 2 aromatic heterocycles. The summed E-state index contributed by atoms with van der Waals surface area (Å²) in [6.45, 7) is 0. The Labute approximate surface area is 192 Å². The molecule has 0 spiro atoms. The Kier molecular flexibility index (Phi) is 5.29. The number of halogens is 2. The number of para-hydroxylation sites is 1. The molecule has 3 heterocycles. The number of furan rings is 1. The monoisotopic (exact) mass is 493 g/mol. The van der Waals surface area contributed by atoms with Gasteiger partial charge in [0.1, 0.15) is 23.4 Å². The molecule has 0 aliphatic carbocycles. The van der Waals surface area contributed by atoms with Crippen LogP contribution < -0.4 is 10.2 Å². The summed E-state index contributed by atoms with van der Waals surface area (Å²) < 4.78 is 20.5. The number of thiocarbonyl (C=S) groups is 1. The maximum absolute atomic E-state index is 13.5. The van der Waals surface area contributed by atoms with Crippen molar-refractivity contribution in [1.29, 1.82) is 0 Å². The molecular weight excluding hydrogens is 477 g/mol. The number of aromatic nitrogens is 1. The first-order chi connectivity index (χ1) is 15.1. The topological polar surface area (TPSA) is 41.3 Å². The zero-order chi connectivity index (χ0) is 21.4. The lowest BCUT2D eigenvalue weighted by Crippen LogP contribution is -2.29. The van der Waals surface area contributed by atoms with Crippen LogP contribution in [0.5, 0.6) is 0 Å². The maximum Gasteiger partial charge on any atom is 0.174 e. The van der Waals surface area contributed by atoms with Crippen molar-refractivity contribution in [1.82, 2.24) is 10.3 Å². The SMILES string of the molecule is Fc1ccc(-c2ccc([C@@H]3[C@@H](c4ccccn4)NC(=S)N3c3ccccc3)o2)c(Br)c1. The average Bonchev–Trinajstić information content (AvgIpc) is 3.39. The number of nitrogens with one attached hydrogen (secondary N) is 1. The highest BCUT2D eigenvalue weighted by Gasteiger charge is 2.42. The molecule has 0 saturated carbocycles. The van der Waals surface area contributed by atoms with E-state index in [4.69, 9.17) is 16.6 Å². The van der Waals surface area contributed by atoms with Gasteiger partial charge in [-0.15, -0.1) is 0 Å². The number of nitrogens with zero attached hydrogens (tertiary/aromatic N) is 2. The first-order valence-corrected chi connectivity index (χ1v) is 10.9. The van der Waals surface area contributed by atoms with Crippen LogP contribution in [0.1, 0.15) is 23.5 Å². The molecule has 1 aliphatic rings. The summed E-state index contributed by atoms with van der Waals surface area (Å²) in [4.78, 5) is 6.60. The van der Waals surface area contributed by atoms with Crippen molar-refractivity contribution < 1.29 is 8.81 Å². The van der Waals surface area contributed by atoms with Gasteiger partial charge in [0.15, 0.2) is 5.11 Å². The van der Waals surface area contributed by atoms with Crippen LogP contribution in [0.3, 0.4) is 0 Å². The number of rotatable bonds is 4. The highest BCUT2D eigenvalue weighted by molar-refractivity contribution is 9.10. The van der Waals surface area contributed by atoms with E-state index in [-0.39, 0.29) is 17.9 Å². The Morgan fingerprint density at radius 3 is 2.55 bits per heavy atom. The summed E-state index contributed by atoms with van der Waals surface area (Å²) in [6.07, 6.45) is 1.77. The summed E-state index contributed by atoms with van der Waals surface area (Å²) in [6, 6.07) is 23.7. The molecule has 2 atom stereocenters. The van der Waals surface area contributed by atoms with Crippen LogP contribution >= 0.6 is 28.1 Å². The Hall–Kier alpha value is -3.03. The van der Waals surface area contributed by atoms with Gasteiger partial charge in [-0.25, -0.2) is 4.39 Å². The summed E-state index contributed by atoms with van der Waals surface area (Å²) in [5, 5.41) is 4.02. The summed E-state index contributed by atoms with van der Waals surface area (Å²) in [5.41, 5.74) is 2.61. The highest BCUT2D eigenvalue weighted by Crippen LogP contribution is 2.43. The van der Waals surface area contributed by atoms with Gasteiger partial charge < -0.3 is 14.6 Å². The molecule has 5 rings (SSSR count). The zero-order valence-corrected chi connectivity index (χ0v) is 18.6. The molecule has 4 aromatic rings. The van der Waals surface area contributed by atoms with Crippen molar-refractivity contribution in [2.24, 2.45) is 0 Å². The van der Waals surface area contributed by atoms with E-state index in [9.17, 15) is 4.39 Å². The van der Waals surface area contributed by atoms with Gasteiger partial charge in [0.25, 0.3) is 0 Å². The molecule has 7 heteroatoms. The van der Waals surface area contributed by atoms with Gasteiger partial charge in [-0.1, -0.05) is 24.3 Å². The number of anilines is 1. The van der Waals surface area contributed by atoms with Gasteiger partial charge in [0.05, 0.1) is 11.7 Å². The lowest BCUT2D eigenvalue weighted by molar-refractivity contribution is 0.439. The fourth-order valence-electron chi connectivity index (χ4n) is 3.86. The van der Waals surface area contributed by atoms with Gasteiger partial charge in [0.2, 0.25) is 0 Å². The third kappa shape index (κ3) is 3.75. The highest BCUT2D eigenvalue weighted by atomic mass is 79.9. The zero-order valence-electron chi connectivity index (χ0n) is 16.2. The van der Waals surface area contributed by atoms with Crippen molar-refractivity contribution in [2.75, 3.05) is 4.90 Å². The van der Waals surface area contributed by atoms with Crippen molar-refractivity contribution in [2.45, 2.75) is 12.1 Å². The minimum absolute atomic E-state index is 0.190. The van der Waals surface area contributed by atoms with Crippen molar-refractivity contribution in [3.05, 3.63) is 107 Å². The van der Waals surface area contributed by atoms with Crippen LogP contribution in [0, 0.1) is 5.82 Å². The number of hydrogen-bond acceptors (Lipinski definition) is 3. The molecule has 0 radical (unpaired) electrons. The largest absolute Gasteiger partial charge is 0.459 e. The minimum Gasteiger partial charge on any atom is -0.459 e. The van der Waals surface area contributed by atoms with Crippen LogP contribution in [0.2, 0.25) is 0 Å². The summed E-state index contributed by atoms with van der Waals surface area (Å²) in [7, 11) is 0. The van der Waals surface area contributed by atoms with Gasteiger partial charge >= 0.3 is 0 Å². The van der Waals surface area contributed by atoms with Crippen LogP contribution in [-0.4, -0.2) is 10.1 Å². The Morgan fingerprint density at radius 2 is 1.81 bits per heavy atom. The van der Waals surface area contributed by atoms with Gasteiger partial charge in [-0.2, -0.15) is 0 Å². The van der Waals surface area contributed by atoms with E-state index in [1.54, 1.807) is 12.3 Å². The molecule has 1 aliphatic heterocycles. The van der Waals surface area contributed by atoms with Gasteiger partial charge in [-0.3, -0.25) is 4.98 Å².